The Balaban J connectivity index is 2.17. The zero-order valence-corrected chi connectivity index (χ0v) is 8.91. The Morgan fingerprint density at radius 3 is 2.71 bits per heavy atom. The van der Waals surface area contributed by atoms with E-state index in [0.29, 0.717) is 11.8 Å². The van der Waals surface area contributed by atoms with E-state index in [2.05, 4.69) is 15.6 Å². The van der Waals surface area contributed by atoms with Crippen molar-refractivity contribution in [2.45, 2.75) is 6.54 Å². The number of halogens is 3. The molecule has 1 aromatic carbocycles. The van der Waals surface area contributed by atoms with Crippen LogP contribution in [0, 0.1) is 17.5 Å². The van der Waals surface area contributed by atoms with E-state index in [1.165, 1.54) is 10.9 Å². The number of rotatable bonds is 3. The van der Waals surface area contributed by atoms with Crippen LogP contribution < -0.4 is 5.32 Å². The van der Waals surface area contributed by atoms with Gasteiger partial charge in [-0.1, -0.05) is 5.21 Å². The summed E-state index contributed by atoms with van der Waals surface area (Å²) in [4.78, 5) is 0. The largest absolute Gasteiger partial charge is 0.377 e. The molecule has 0 saturated heterocycles. The minimum atomic E-state index is -1.23. The maximum Gasteiger partial charge on any atom is 0.182 e. The van der Waals surface area contributed by atoms with Gasteiger partial charge < -0.3 is 5.32 Å². The summed E-state index contributed by atoms with van der Waals surface area (Å²) in [5.74, 6) is -3.17. The molecule has 0 atom stereocenters. The molecule has 7 heteroatoms. The summed E-state index contributed by atoms with van der Waals surface area (Å²) in [7, 11) is 1.66. The molecule has 4 nitrogen and oxygen atoms in total. The van der Waals surface area contributed by atoms with Gasteiger partial charge in [-0.15, -0.1) is 5.10 Å². The lowest BCUT2D eigenvalue weighted by Gasteiger charge is -2.07. The number of nitrogens with one attached hydrogen (secondary N) is 1. The predicted molar refractivity (Wildman–Crippen MR) is 54.6 cm³/mol. The van der Waals surface area contributed by atoms with Crippen molar-refractivity contribution in [1.82, 2.24) is 15.0 Å². The molecule has 0 aliphatic heterocycles. The van der Waals surface area contributed by atoms with E-state index in [1.54, 1.807) is 7.05 Å². The first-order valence-electron chi connectivity index (χ1n) is 4.80. The van der Waals surface area contributed by atoms with Gasteiger partial charge in [0.1, 0.15) is 5.82 Å². The molecule has 0 radical (unpaired) electrons. The third-order valence-electron chi connectivity index (χ3n) is 2.26. The normalized spacial score (nSPS) is 10.6. The molecule has 1 heterocycles. The number of aryl methyl sites for hydroxylation is 1. The summed E-state index contributed by atoms with van der Waals surface area (Å²) >= 11 is 0. The summed E-state index contributed by atoms with van der Waals surface area (Å²) in [6.07, 6.45) is 1.47. The molecule has 90 valence electrons. The SMILES string of the molecule is Cn1nncc1CNc1cc(F)cc(F)c1F. The Kier molecular flexibility index (Phi) is 2.99. The van der Waals surface area contributed by atoms with Gasteiger partial charge in [-0.2, -0.15) is 0 Å². The molecule has 0 fully saturated rings. The van der Waals surface area contributed by atoms with Crippen molar-refractivity contribution in [2.24, 2.45) is 7.05 Å². The van der Waals surface area contributed by atoms with Crippen LogP contribution in [0.2, 0.25) is 0 Å². The third kappa shape index (κ3) is 2.38. The molecule has 0 aliphatic carbocycles. The molecular weight excluding hydrogens is 233 g/mol. The van der Waals surface area contributed by atoms with Crippen LogP contribution in [0.5, 0.6) is 0 Å². The molecule has 0 saturated carbocycles. The van der Waals surface area contributed by atoms with Crippen LogP contribution in [0.1, 0.15) is 5.69 Å². The van der Waals surface area contributed by atoms with Gasteiger partial charge in [-0.25, -0.2) is 13.2 Å². The van der Waals surface area contributed by atoms with Crippen molar-refractivity contribution in [1.29, 1.82) is 0 Å². The maximum atomic E-state index is 13.3. The maximum absolute atomic E-state index is 13.3. The monoisotopic (exact) mass is 242 g/mol. The Morgan fingerprint density at radius 1 is 1.29 bits per heavy atom. The lowest BCUT2D eigenvalue weighted by Crippen LogP contribution is -2.07. The highest BCUT2D eigenvalue weighted by Gasteiger charge is 2.11. The van der Waals surface area contributed by atoms with E-state index < -0.39 is 17.5 Å². The molecule has 0 amide bonds. The van der Waals surface area contributed by atoms with Crippen LogP contribution >= 0.6 is 0 Å². The van der Waals surface area contributed by atoms with E-state index in [9.17, 15) is 13.2 Å². The topological polar surface area (TPSA) is 42.7 Å². The molecule has 0 bridgehead atoms. The minimum absolute atomic E-state index is 0.170. The molecule has 2 rings (SSSR count). The summed E-state index contributed by atoms with van der Waals surface area (Å²) in [5.41, 5.74) is 0.428. The Labute approximate surface area is 95.1 Å². The minimum Gasteiger partial charge on any atom is -0.377 e. The fourth-order valence-corrected chi connectivity index (χ4v) is 1.34. The summed E-state index contributed by atoms with van der Waals surface area (Å²) in [5, 5.41) is 9.88. The van der Waals surface area contributed by atoms with Gasteiger partial charge >= 0.3 is 0 Å². The number of aromatic nitrogens is 3. The van der Waals surface area contributed by atoms with Crippen LogP contribution in [0.15, 0.2) is 18.3 Å². The first kappa shape index (κ1) is 11.4. The molecule has 0 spiro atoms. The van der Waals surface area contributed by atoms with Gasteiger partial charge in [-0.05, 0) is 0 Å². The highest BCUT2D eigenvalue weighted by Crippen LogP contribution is 2.19. The number of anilines is 1. The summed E-state index contributed by atoms with van der Waals surface area (Å²) in [6, 6.07) is 1.38. The smallest absolute Gasteiger partial charge is 0.182 e. The molecule has 2 aromatic rings. The van der Waals surface area contributed by atoms with E-state index in [4.69, 9.17) is 0 Å². The molecule has 17 heavy (non-hydrogen) atoms. The Bertz CT molecular complexity index is 538. The lowest BCUT2D eigenvalue weighted by molar-refractivity contribution is 0.497. The van der Waals surface area contributed by atoms with Crippen molar-refractivity contribution < 1.29 is 13.2 Å². The molecule has 1 aromatic heterocycles. The zero-order valence-electron chi connectivity index (χ0n) is 8.91. The Morgan fingerprint density at radius 2 is 2.06 bits per heavy atom. The number of hydrogen-bond donors (Lipinski definition) is 1. The highest BCUT2D eigenvalue weighted by atomic mass is 19.2. The second kappa shape index (κ2) is 4.44. The highest BCUT2D eigenvalue weighted by molar-refractivity contribution is 5.45. The van der Waals surface area contributed by atoms with Gasteiger partial charge in [0.2, 0.25) is 0 Å². The fraction of sp³-hybridized carbons (Fsp3) is 0.200. The van der Waals surface area contributed by atoms with Crippen molar-refractivity contribution in [2.75, 3.05) is 5.32 Å². The average Bonchev–Trinajstić information content (AvgIpc) is 2.67. The number of benzene rings is 1. The summed E-state index contributed by atoms with van der Waals surface area (Å²) < 4.78 is 40.5. The number of hydrogen-bond acceptors (Lipinski definition) is 3. The quantitative estimate of drug-likeness (QED) is 0.835. The van der Waals surface area contributed by atoms with Crippen molar-refractivity contribution in [3.05, 3.63) is 41.5 Å². The number of nitrogens with zero attached hydrogens (tertiary/aromatic N) is 3. The third-order valence-corrected chi connectivity index (χ3v) is 2.26. The van der Waals surface area contributed by atoms with E-state index in [1.807, 2.05) is 0 Å². The van der Waals surface area contributed by atoms with Crippen LogP contribution in [-0.2, 0) is 13.6 Å². The zero-order chi connectivity index (χ0) is 12.4. The van der Waals surface area contributed by atoms with Crippen molar-refractivity contribution in [3.8, 4) is 0 Å². The molecule has 0 unspecified atom stereocenters. The fourth-order valence-electron chi connectivity index (χ4n) is 1.34. The standard InChI is InChI=1S/C10H9F3N4/c1-17-7(5-15-16-17)4-14-9-3-6(11)2-8(12)10(9)13/h2-3,5,14H,4H2,1H3. The Hall–Kier alpha value is -2.05. The van der Waals surface area contributed by atoms with Crippen molar-refractivity contribution >= 4 is 5.69 Å². The van der Waals surface area contributed by atoms with Gasteiger partial charge in [0.15, 0.2) is 11.6 Å². The van der Waals surface area contributed by atoms with Gasteiger partial charge in [0.25, 0.3) is 0 Å². The van der Waals surface area contributed by atoms with E-state index >= 15 is 0 Å². The van der Waals surface area contributed by atoms with E-state index in [-0.39, 0.29) is 12.2 Å². The molecular formula is C10H9F3N4. The molecule has 0 aliphatic rings. The summed E-state index contributed by atoms with van der Waals surface area (Å²) in [6.45, 7) is 0.170. The van der Waals surface area contributed by atoms with Crippen molar-refractivity contribution in [3.63, 3.8) is 0 Å². The molecule has 1 N–H and O–H groups in total. The first-order valence-corrected chi connectivity index (χ1v) is 4.80. The van der Waals surface area contributed by atoms with Crippen LogP contribution in [-0.4, -0.2) is 15.0 Å². The van der Waals surface area contributed by atoms with E-state index in [0.717, 1.165) is 6.07 Å². The van der Waals surface area contributed by atoms with Gasteiger partial charge in [0, 0.05) is 19.2 Å². The average molecular weight is 242 g/mol. The van der Waals surface area contributed by atoms with Gasteiger partial charge in [0.05, 0.1) is 24.1 Å². The van der Waals surface area contributed by atoms with Crippen LogP contribution in [0.25, 0.3) is 0 Å². The second-order valence-electron chi connectivity index (χ2n) is 3.45. The van der Waals surface area contributed by atoms with Crippen LogP contribution in [0.4, 0.5) is 18.9 Å². The predicted octanol–water partition coefficient (Wildman–Crippen LogP) is 1.84. The second-order valence-corrected chi connectivity index (χ2v) is 3.45. The van der Waals surface area contributed by atoms with Crippen LogP contribution in [0.3, 0.4) is 0 Å². The lowest BCUT2D eigenvalue weighted by atomic mass is 10.2. The first-order chi connectivity index (χ1) is 8.08. The van der Waals surface area contributed by atoms with Gasteiger partial charge in [-0.3, -0.25) is 4.68 Å².